The van der Waals surface area contributed by atoms with Crippen LogP contribution in [0.4, 0.5) is 0 Å². The van der Waals surface area contributed by atoms with Crippen LogP contribution in [0.15, 0.2) is 36.5 Å². The van der Waals surface area contributed by atoms with Gasteiger partial charge >= 0.3 is 0 Å². The molecule has 0 aliphatic rings. The van der Waals surface area contributed by atoms with Crippen molar-refractivity contribution >= 4 is 0 Å². The second-order valence-electron chi connectivity index (χ2n) is 4.90. The first-order valence-electron chi connectivity index (χ1n) is 7.19. The zero-order chi connectivity index (χ0) is 14.2. The van der Waals surface area contributed by atoms with Crippen LogP contribution in [0.5, 0.6) is 5.75 Å². The summed E-state index contributed by atoms with van der Waals surface area (Å²) in [6.45, 7) is 4.70. The van der Waals surface area contributed by atoms with E-state index in [2.05, 4.69) is 35.5 Å². The van der Waals surface area contributed by atoms with Crippen LogP contribution in [0.2, 0.25) is 0 Å². The fourth-order valence-corrected chi connectivity index (χ4v) is 1.97. The molecule has 0 saturated carbocycles. The summed E-state index contributed by atoms with van der Waals surface area (Å²) in [5.41, 5.74) is 2.40. The fraction of sp³-hybridized carbons (Fsp3) is 0.438. The van der Waals surface area contributed by atoms with Gasteiger partial charge in [0.05, 0.1) is 12.3 Å². The van der Waals surface area contributed by atoms with Gasteiger partial charge in [-0.05, 0) is 30.2 Å². The third-order valence-corrected chi connectivity index (χ3v) is 3.05. The second-order valence-corrected chi connectivity index (χ2v) is 4.90. The van der Waals surface area contributed by atoms with Gasteiger partial charge in [-0.2, -0.15) is 5.10 Å². The number of benzene rings is 1. The minimum absolute atomic E-state index is 0.779. The predicted octanol–water partition coefficient (Wildman–Crippen LogP) is 2.54. The number of aryl methyl sites for hydroxylation is 1. The average Bonchev–Trinajstić information content (AvgIpc) is 2.88. The Bertz CT molecular complexity index is 505. The van der Waals surface area contributed by atoms with E-state index in [0.29, 0.717) is 0 Å². The van der Waals surface area contributed by atoms with E-state index in [0.717, 1.165) is 44.0 Å². The molecule has 1 heterocycles. The Kier molecular flexibility index (Phi) is 5.62. The lowest BCUT2D eigenvalue weighted by Gasteiger charge is -2.07. The topological polar surface area (TPSA) is 39.1 Å². The summed E-state index contributed by atoms with van der Waals surface area (Å²) in [6, 6.07) is 10.3. The zero-order valence-corrected chi connectivity index (χ0v) is 12.3. The van der Waals surface area contributed by atoms with Crippen molar-refractivity contribution < 1.29 is 4.74 Å². The van der Waals surface area contributed by atoms with Gasteiger partial charge in [0.1, 0.15) is 5.75 Å². The number of hydrogen-bond donors (Lipinski definition) is 1. The van der Waals surface area contributed by atoms with Gasteiger partial charge in [0.25, 0.3) is 0 Å². The molecule has 0 amide bonds. The van der Waals surface area contributed by atoms with Crippen LogP contribution in [0.1, 0.15) is 24.6 Å². The van der Waals surface area contributed by atoms with Crippen molar-refractivity contribution in [3.63, 3.8) is 0 Å². The summed E-state index contributed by atoms with van der Waals surface area (Å²) >= 11 is 0. The highest BCUT2D eigenvalue weighted by molar-refractivity contribution is 5.27. The summed E-state index contributed by atoms with van der Waals surface area (Å²) in [7, 11) is 1.94. The minimum atomic E-state index is 0.779. The molecule has 1 aromatic carbocycles. The molecule has 0 saturated heterocycles. The maximum atomic E-state index is 5.56. The van der Waals surface area contributed by atoms with Gasteiger partial charge in [0.2, 0.25) is 0 Å². The first kappa shape index (κ1) is 14.6. The molecule has 4 nitrogen and oxygen atoms in total. The number of hydrogen-bond acceptors (Lipinski definition) is 3. The van der Waals surface area contributed by atoms with Crippen LogP contribution >= 0.6 is 0 Å². The van der Waals surface area contributed by atoms with E-state index >= 15 is 0 Å². The smallest absolute Gasteiger partial charge is 0.119 e. The van der Waals surface area contributed by atoms with Gasteiger partial charge in [0.15, 0.2) is 0 Å². The first-order valence-corrected chi connectivity index (χ1v) is 7.19. The summed E-state index contributed by atoms with van der Waals surface area (Å²) in [5.74, 6) is 0.948. The molecular weight excluding hydrogens is 250 g/mol. The largest absolute Gasteiger partial charge is 0.494 e. The molecule has 0 fully saturated rings. The van der Waals surface area contributed by atoms with Gasteiger partial charge in [-0.15, -0.1) is 0 Å². The van der Waals surface area contributed by atoms with E-state index in [4.69, 9.17) is 4.74 Å². The third-order valence-electron chi connectivity index (χ3n) is 3.05. The quantitative estimate of drug-likeness (QED) is 0.751. The van der Waals surface area contributed by atoms with Crippen LogP contribution in [-0.2, 0) is 20.0 Å². The van der Waals surface area contributed by atoms with Gasteiger partial charge in [-0.25, -0.2) is 0 Å². The average molecular weight is 273 g/mol. The molecule has 0 radical (unpaired) electrons. The Morgan fingerprint density at radius 1 is 1.20 bits per heavy atom. The van der Waals surface area contributed by atoms with Crippen LogP contribution in [0.25, 0.3) is 0 Å². The molecule has 0 spiro atoms. The van der Waals surface area contributed by atoms with Crippen molar-refractivity contribution in [2.45, 2.75) is 26.3 Å². The Hall–Kier alpha value is -1.81. The molecule has 0 aliphatic carbocycles. The molecule has 0 bridgehead atoms. The molecule has 108 valence electrons. The Morgan fingerprint density at radius 2 is 2.00 bits per heavy atom. The highest BCUT2D eigenvalue weighted by atomic mass is 16.5. The normalized spacial score (nSPS) is 10.7. The number of nitrogens with zero attached hydrogens (tertiary/aromatic N) is 2. The Balaban J connectivity index is 1.68. The Morgan fingerprint density at radius 3 is 2.65 bits per heavy atom. The molecular formula is C16H23N3O. The standard InChI is InChI=1S/C16H23N3O/c1-3-12-20-16-6-4-14(5-7-16)13-17-10-8-15-9-11-19(2)18-15/h4-7,9,11,17H,3,8,10,12-13H2,1-2H3. The predicted molar refractivity (Wildman–Crippen MR) is 80.8 cm³/mol. The molecule has 20 heavy (non-hydrogen) atoms. The van der Waals surface area contributed by atoms with Crippen LogP contribution < -0.4 is 10.1 Å². The van der Waals surface area contributed by atoms with Gasteiger partial charge in [-0.3, -0.25) is 4.68 Å². The van der Waals surface area contributed by atoms with Crippen molar-refractivity contribution in [2.24, 2.45) is 7.05 Å². The van der Waals surface area contributed by atoms with Gasteiger partial charge in [-0.1, -0.05) is 19.1 Å². The molecule has 2 aromatic rings. The molecule has 1 N–H and O–H groups in total. The van der Waals surface area contributed by atoms with E-state index in [9.17, 15) is 0 Å². The van der Waals surface area contributed by atoms with Crippen LogP contribution in [0.3, 0.4) is 0 Å². The van der Waals surface area contributed by atoms with Crippen LogP contribution in [0, 0.1) is 0 Å². The third kappa shape index (κ3) is 4.70. The zero-order valence-electron chi connectivity index (χ0n) is 12.3. The maximum Gasteiger partial charge on any atom is 0.119 e. The lowest BCUT2D eigenvalue weighted by atomic mass is 10.2. The molecule has 0 aliphatic heterocycles. The summed E-state index contributed by atoms with van der Waals surface area (Å²) in [6.07, 6.45) is 3.97. The summed E-state index contributed by atoms with van der Waals surface area (Å²) in [4.78, 5) is 0. The lowest BCUT2D eigenvalue weighted by molar-refractivity contribution is 0.317. The minimum Gasteiger partial charge on any atom is -0.494 e. The molecule has 2 rings (SSSR count). The van der Waals surface area contributed by atoms with Crippen molar-refractivity contribution in [1.29, 1.82) is 0 Å². The van der Waals surface area contributed by atoms with Crippen LogP contribution in [-0.4, -0.2) is 22.9 Å². The molecule has 1 aromatic heterocycles. The van der Waals surface area contributed by atoms with Crippen molar-refractivity contribution in [1.82, 2.24) is 15.1 Å². The van der Waals surface area contributed by atoms with Crippen molar-refractivity contribution in [3.8, 4) is 5.75 Å². The molecule has 4 heteroatoms. The number of ether oxygens (including phenoxy) is 1. The van der Waals surface area contributed by atoms with Gasteiger partial charge in [0, 0.05) is 32.8 Å². The second kappa shape index (κ2) is 7.70. The number of rotatable bonds is 8. The number of nitrogens with one attached hydrogen (secondary N) is 1. The van der Waals surface area contributed by atoms with E-state index in [-0.39, 0.29) is 0 Å². The van der Waals surface area contributed by atoms with E-state index in [1.54, 1.807) is 0 Å². The lowest BCUT2D eigenvalue weighted by Crippen LogP contribution is -2.16. The highest BCUT2D eigenvalue weighted by Crippen LogP contribution is 2.12. The monoisotopic (exact) mass is 273 g/mol. The van der Waals surface area contributed by atoms with Crippen molar-refractivity contribution in [2.75, 3.05) is 13.2 Å². The van der Waals surface area contributed by atoms with E-state index in [1.807, 2.05) is 30.1 Å². The number of aromatic nitrogens is 2. The van der Waals surface area contributed by atoms with Crippen molar-refractivity contribution in [3.05, 3.63) is 47.8 Å². The highest BCUT2D eigenvalue weighted by Gasteiger charge is 1.98. The maximum absolute atomic E-state index is 5.56. The molecule has 0 atom stereocenters. The van der Waals surface area contributed by atoms with Gasteiger partial charge < -0.3 is 10.1 Å². The molecule has 0 unspecified atom stereocenters. The van der Waals surface area contributed by atoms with E-state index < -0.39 is 0 Å². The fourth-order valence-electron chi connectivity index (χ4n) is 1.97. The SMILES string of the molecule is CCCOc1ccc(CNCCc2ccn(C)n2)cc1. The summed E-state index contributed by atoms with van der Waals surface area (Å²) < 4.78 is 7.40. The van der Waals surface area contributed by atoms with E-state index in [1.165, 1.54) is 5.56 Å². The first-order chi connectivity index (χ1) is 9.78. The Labute approximate surface area is 120 Å². The summed E-state index contributed by atoms with van der Waals surface area (Å²) in [5, 5.41) is 7.79.